The van der Waals surface area contributed by atoms with Crippen LogP contribution in [0.4, 0.5) is 8.78 Å². The molecule has 0 aliphatic carbocycles. The largest absolute Gasteiger partial charge is 0.342 e. The van der Waals surface area contributed by atoms with Gasteiger partial charge in [0.1, 0.15) is 16.4 Å². The molecule has 0 spiro atoms. The Morgan fingerprint density at radius 2 is 2.07 bits per heavy atom. The van der Waals surface area contributed by atoms with E-state index in [-0.39, 0.29) is 5.69 Å². The van der Waals surface area contributed by atoms with E-state index >= 15 is 0 Å². The van der Waals surface area contributed by atoms with Crippen LogP contribution in [0.25, 0.3) is 0 Å². The summed E-state index contributed by atoms with van der Waals surface area (Å²) in [5.41, 5.74) is -2.20. The van der Waals surface area contributed by atoms with Gasteiger partial charge in [-0.3, -0.25) is 9.59 Å². The van der Waals surface area contributed by atoms with Gasteiger partial charge in [-0.1, -0.05) is 11.6 Å². The molecule has 1 rings (SSSR count). The zero-order valence-corrected chi connectivity index (χ0v) is 7.99. The molecule has 1 aromatic rings. The Kier molecular flexibility index (Phi) is 3.23. The number of hydrogen-bond donors (Lipinski definition) is 1. The summed E-state index contributed by atoms with van der Waals surface area (Å²) >= 11 is 10.4. The molecule has 14 heavy (non-hydrogen) atoms. The van der Waals surface area contributed by atoms with Crippen LogP contribution in [0, 0.1) is 0 Å². The van der Waals surface area contributed by atoms with Crippen LogP contribution in [0.15, 0.2) is 10.9 Å². The van der Waals surface area contributed by atoms with Crippen molar-refractivity contribution in [3.05, 3.63) is 32.7 Å². The first-order chi connectivity index (χ1) is 6.43. The van der Waals surface area contributed by atoms with Crippen molar-refractivity contribution in [3.8, 4) is 0 Å². The molecule has 0 fully saturated rings. The van der Waals surface area contributed by atoms with Crippen molar-refractivity contribution in [2.75, 3.05) is 0 Å². The highest BCUT2D eigenvalue weighted by atomic mass is 35.5. The van der Waals surface area contributed by atoms with E-state index in [1.807, 2.05) is 0 Å². The molecule has 0 saturated carbocycles. The second-order valence-corrected chi connectivity index (χ2v) is 3.07. The lowest BCUT2D eigenvalue weighted by Gasteiger charge is -2.02. The molecule has 0 aromatic carbocycles. The summed E-state index contributed by atoms with van der Waals surface area (Å²) in [5, 5.41) is -1.54. The van der Waals surface area contributed by atoms with Crippen LogP contribution < -0.4 is 5.43 Å². The third-order valence-corrected chi connectivity index (χ3v) is 1.95. The average molecular weight is 242 g/mol. The Hall–Kier alpha value is -0.940. The molecule has 0 bridgehead atoms. The Morgan fingerprint density at radius 3 is 2.43 bits per heavy atom. The van der Waals surface area contributed by atoms with Crippen molar-refractivity contribution in [2.24, 2.45) is 0 Å². The van der Waals surface area contributed by atoms with Crippen molar-refractivity contribution in [3.63, 3.8) is 0 Å². The van der Waals surface area contributed by atoms with Crippen molar-refractivity contribution in [1.29, 1.82) is 0 Å². The van der Waals surface area contributed by atoms with Crippen LogP contribution in [-0.4, -0.2) is 10.2 Å². The molecule has 1 heterocycles. The van der Waals surface area contributed by atoms with Gasteiger partial charge in [0.25, 0.3) is 11.7 Å². The predicted octanol–water partition coefficient (Wildman–Crippen LogP) is 2.34. The van der Waals surface area contributed by atoms with Gasteiger partial charge >= 0.3 is 0 Å². The molecular formula is C7H3Cl2F2NO2. The van der Waals surface area contributed by atoms with Crippen molar-refractivity contribution in [1.82, 2.24) is 4.98 Å². The maximum Gasteiger partial charge on any atom is 0.270 e. The molecule has 0 unspecified atom stereocenters. The number of hydrogen-bond acceptors (Lipinski definition) is 2. The summed E-state index contributed by atoms with van der Waals surface area (Å²) in [7, 11) is 0. The highest BCUT2D eigenvalue weighted by Crippen LogP contribution is 2.22. The smallest absolute Gasteiger partial charge is 0.270 e. The first kappa shape index (κ1) is 11.1. The van der Waals surface area contributed by atoms with Gasteiger partial charge in [-0.25, -0.2) is 8.78 Å². The second kappa shape index (κ2) is 4.06. The lowest BCUT2D eigenvalue weighted by molar-refractivity contribution is 0.107. The van der Waals surface area contributed by atoms with E-state index < -0.39 is 27.8 Å². The van der Waals surface area contributed by atoms with Gasteiger partial charge in [0.15, 0.2) is 5.43 Å². The molecule has 0 amide bonds. The minimum atomic E-state index is -2.99. The fraction of sp³-hybridized carbons (Fsp3) is 0.143. The third-order valence-electron chi connectivity index (χ3n) is 1.45. The zero-order valence-electron chi connectivity index (χ0n) is 6.48. The third kappa shape index (κ3) is 2.10. The molecule has 0 atom stereocenters. The zero-order chi connectivity index (χ0) is 10.9. The van der Waals surface area contributed by atoms with E-state index in [9.17, 15) is 18.4 Å². The minimum Gasteiger partial charge on any atom is -0.342 e. The summed E-state index contributed by atoms with van der Waals surface area (Å²) in [4.78, 5) is 23.7. The fourth-order valence-electron chi connectivity index (χ4n) is 0.848. The van der Waals surface area contributed by atoms with Gasteiger partial charge in [-0.05, 0) is 11.6 Å². The SMILES string of the molecule is O=C(Cl)c1cc(=O)c(C(F)F)c(Cl)[nH]1. The number of H-pyrrole nitrogens is 1. The summed E-state index contributed by atoms with van der Waals surface area (Å²) in [5.74, 6) is 0. The van der Waals surface area contributed by atoms with Crippen LogP contribution in [0.3, 0.4) is 0 Å². The van der Waals surface area contributed by atoms with Crippen LogP contribution in [0.5, 0.6) is 0 Å². The number of nitrogens with one attached hydrogen (secondary N) is 1. The maximum absolute atomic E-state index is 12.2. The standard InChI is InChI=1S/C7H3Cl2F2NO2/c8-5-4(7(10)11)3(13)1-2(12-5)6(9)14/h1,7H,(H,12,13). The van der Waals surface area contributed by atoms with Crippen molar-refractivity contribution >= 4 is 28.4 Å². The summed E-state index contributed by atoms with van der Waals surface area (Å²) < 4.78 is 24.4. The van der Waals surface area contributed by atoms with E-state index in [4.69, 9.17) is 23.2 Å². The highest BCUT2D eigenvalue weighted by Gasteiger charge is 2.18. The van der Waals surface area contributed by atoms with Crippen LogP contribution in [0.2, 0.25) is 5.15 Å². The van der Waals surface area contributed by atoms with Crippen LogP contribution in [0.1, 0.15) is 22.5 Å². The highest BCUT2D eigenvalue weighted by molar-refractivity contribution is 6.67. The number of aromatic nitrogens is 1. The van der Waals surface area contributed by atoms with Gasteiger partial charge in [0.2, 0.25) is 0 Å². The van der Waals surface area contributed by atoms with Crippen molar-refractivity contribution < 1.29 is 13.6 Å². The van der Waals surface area contributed by atoms with E-state index in [1.54, 1.807) is 0 Å². The first-order valence-corrected chi connectivity index (χ1v) is 4.09. The van der Waals surface area contributed by atoms with E-state index in [1.165, 1.54) is 0 Å². The number of halogens is 4. The summed E-state index contributed by atoms with van der Waals surface area (Å²) in [6.07, 6.45) is -2.99. The monoisotopic (exact) mass is 241 g/mol. The molecular weight excluding hydrogens is 239 g/mol. The van der Waals surface area contributed by atoms with Crippen LogP contribution >= 0.6 is 23.2 Å². The van der Waals surface area contributed by atoms with Crippen molar-refractivity contribution in [2.45, 2.75) is 6.43 Å². The number of alkyl halides is 2. The molecule has 76 valence electrons. The number of aromatic amines is 1. The van der Waals surface area contributed by atoms with Crippen LogP contribution in [-0.2, 0) is 0 Å². The fourth-order valence-corrected chi connectivity index (χ4v) is 1.23. The molecule has 3 nitrogen and oxygen atoms in total. The normalized spacial score (nSPS) is 10.6. The summed E-state index contributed by atoms with van der Waals surface area (Å²) in [6, 6.07) is 0.683. The first-order valence-electron chi connectivity index (χ1n) is 3.34. The van der Waals surface area contributed by atoms with Gasteiger partial charge in [0, 0.05) is 6.07 Å². The number of carbonyl (C=O) groups is 1. The molecule has 1 N–H and O–H groups in total. The lowest BCUT2D eigenvalue weighted by Crippen LogP contribution is -2.13. The van der Waals surface area contributed by atoms with Gasteiger partial charge in [-0.15, -0.1) is 0 Å². The van der Waals surface area contributed by atoms with Gasteiger partial charge in [-0.2, -0.15) is 0 Å². The Balaban J connectivity index is 3.40. The molecule has 0 saturated heterocycles. The quantitative estimate of drug-likeness (QED) is 0.639. The topological polar surface area (TPSA) is 49.9 Å². The minimum absolute atomic E-state index is 0.314. The Labute approximate surface area is 86.6 Å². The molecule has 0 radical (unpaired) electrons. The second-order valence-electron chi connectivity index (χ2n) is 2.35. The number of pyridine rings is 1. The molecule has 1 aromatic heterocycles. The molecule has 0 aliphatic rings. The lowest BCUT2D eigenvalue weighted by atomic mass is 10.2. The van der Waals surface area contributed by atoms with Gasteiger partial charge < -0.3 is 4.98 Å². The summed E-state index contributed by atoms with van der Waals surface area (Å²) in [6.45, 7) is 0. The van der Waals surface area contributed by atoms with E-state index in [2.05, 4.69) is 4.98 Å². The number of rotatable bonds is 2. The predicted molar refractivity (Wildman–Crippen MR) is 47.2 cm³/mol. The number of carbonyl (C=O) groups excluding carboxylic acids is 1. The van der Waals surface area contributed by atoms with E-state index in [0.29, 0.717) is 6.07 Å². The average Bonchev–Trinajstić information content (AvgIpc) is 2.01. The Bertz CT molecular complexity index is 430. The van der Waals surface area contributed by atoms with E-state index in [0.717, 1.165) is 0 Å². The van der Waals surface area contributed by atoms with Gasteiger partial charge in [0.05, 0.1) is 0 Å². The Morgan fingerprint density at radius 1 is 1.50 bits per heavy atom. The molecule has 0 aliphatic heterocycles. The molecule has 7 heteroatoms. The maximum atomic E-state index is 12.2.